The van der Waals surface area contributed by atoms with Crippen molar-refractivity contribution in [2.75, 3.05) is 11.1 Å². The number of nitrogens with two attached hydrogens (primary N) is 1. The first-order valence-corrected chi connectivity index (χ1v) is 3.98. The van der Waals surface area contributed by atoms with Crippen molar-refractivity contribution in [1.29, 1.82) is 0 Å². The van der Waals surface area contributed by atoms with E-state index in [1.165, 1.54) is 18.2 Å². The minimum absolute atomic E-state index is 0.140. The monoisotopic (exact) mass is 182 g/mol. The van der Waals surface area contributed by atoms with Gasteiger partial charge in [0.05, 0.1) is 11.4 Å². The quantitative estimate of drug-likeness (QED) is 0.684. The van der Waals surface area contributed by atoms with E-state index in [1.54, 1.807) is 6.92 Å². The molecule has 4 heteroatoms. The van der Waals surface area contributed by atoms with Gasteiger partial charge >= 0.3 is 0 Å². The number of nitrogens with one attached hydrogen (secondary N) is 1. The first-order valence-electron chi connectivity index (χ1n) is 3.98. The van der Waals surface area contributed by atoms with Crippen LogP contribution in [0.15, 0.2) is 18.2 Å². The topological polar surface area (TPSA) is 55.1 Å². The van der Waals surface area contributed by atoms with Crippen LogP contribution in [0.3, 0.4) is 0 Å². The van der Waals surface area contributed by atoms with Crippen LogP contribution >= 0.6 is 0 Å². The number of nitrogen functional groups attached to an aromatic ring is 1. The third kappa shape index (κ3) is 2.43. The van der Waals surface area contributed by atoms with Crippen molar-refractivity contribution < 1.29 is 9.18 Å². The molecule has 70 valence electrons. The number of halogens is 1. The summed E-state index contributed by atoms with van der Waals surface area (Å²) in [5.41, 5.74) is 6.16. The zero-order valence-corrected chi connectivity index (χ0v) is 7.30. The Morgan fingerprint density at radius 2 is 2.31 bits per heavy atom. The lowest BCUT2D eigenvalue weighted by molar-refractivity contribution is -0.115. The molecule has 0 saturated heterocycles. The molecule has 0 radical (unpaired) electrons. The summed E-state index contributed by atoms with van der Waals surface area (Å²) in [5.74, 6) is -0.551. The molecule has 0 spiro atoms. The standard InChI is InChI=1S/C9H11FN2O/c1-2-9(13)12-8-4-3-6(10)5-7(8)11/h3-5H,2,11H2,1H3,(H,12,13). The number of carbonyl (C=O) groups excluding carboxylic acids is 1. The molecule has 0 fully saturated rings. The maximum absolute atomic E-state index is 12.6. The first-order chi connectivity index (χ1) is 6.13. The van der Waals surface area contributed by atoms with Gasteiger partial charge in [-0.1, -0.05) is 6.92 Å². The highest BCUT2D eigenvalue weighted by atomic mass is 19.1. The van der Waals surface area contributed by atoms with Gasteiger partial charge in [-0.25, -0.2) is 4.39 Å². The summed E-state index contributed by atoms with van der Waals surface area (Å²) in [6, 6.07) is 3.87. The summed E-state index contributed by atoms with van der Waals surface area (Å²) in [6.07, 6.45) is 0.372. The molecule has 0 atom stereocenters. The van der Waals surface area contributed by atoms with Gasteiger partial charge in [-0.15, -0.1) is 0 Å². The van der Waals surface area contributed by atoms with Crippen LogP contribution in [0.25, 0.3) is 0 Å². The van der Waals surface area contributed by atoms with Gasteiger partial charge in [-0.05, 0) is 18.2 Å². The van der Waals surface area contributed by atoms with Crippen LogP contribution < -0.4 is 11.1 Å². The van der Waals surface area contributed by atoms with E-state index in [9.17, 15) is 9.18 Å². The van der Waals surface area contributed by atoms with E-state index in [0.29, 0.717) is 12.1 Å². The van der Waals surface area contributed by atoms with E-state index in [0.717, 1.165) is 0 Å². The van der Waals surface area contributed by atoms with E-state index in [2.05, 4.69) is 5.32 Å². The molecule has 1 rings (SSSR count). The lowest BCUT2D eigenvalue weighted by Crippen LogP contribution is -2.11. The predicted molar refractivity (Wildman–Crippen MR) is 49.7 cm³/mol. The SMILES string of the molecule is CCC(=O)Nc1ccc(F)cc1N. The van der Waals surface area contributed by atoms with E-state index in [4.69, 9.17) is 5.73 Å². The minimum atomic E-state index is -0.410. The summed E-state index contributed by atoms with van der Waals surface area (Å²) >= 11 is 0. The summed E-state index contributed by atoms with van der Waals surface area (Å²) in [5, 5.41) is 2.56. The highest BCUT2D eigenvalue weighted by Gasteiger charge is 2.03. The van der Waals surface area contributed by atoms with Crippen LogP contribution in [0.4, 0.5) is 15.8 Å². The highest BCUT2D eigenvalue weighted by Crippen LogP contribution is 2.18. The maximum Gasteiger partial charge on any atom is 0.224 e. The molecule has 0 saturated carbocycles. The molecular weight excluding hydrogens is 171 g/mol. The van der Waals surface area contributed by atoms with Gasteiger partial charge in [-0.2, -0.15) is 0 Å². The van der Waals surface area contributed by atoms with Crippen molar-refractivity contribution >= 4 is 17.3 Å². The Morgan fingerprint density at radius 3 is 2.85 bits per heavy atom. The summed E-state index contributed by atoms with van der Waals surface area (Å²) < 4.78 is 12.6. The number of amides is 1. The van der Waals surface area contributed by atoms with Crippen LogP contribution in [-0.4, -0.2) is 5.91 Å². The Labute approximate surface area is 75.7 Å². The second-order valence-corrected chi connectivity index (χ2v) is 2.63. The molecular formula is C9H11FN2O. The van der Waals surface area contributed by atoms with Crippen LogP contribution in [0.5, 0.6) is 0 Å². The maximum atomic E-state index is 12.6. The summed E-state index contributed by atoms with van der Waals surface area (Å²) in [4.78, 5) is 11.0. The number of hydrogen-bond acceptors (Lipinski definition) is 2. The predicted octanol–water partition coefficient (Wildman–Crippen LogP) is 1.76. The van der Waals surface area contributed by atoms with Gasteiger partial charge in [-0.3, -0.25) is 4.79 Å². The smallest absolute Gasteiger partial charge is 0.224 e. The van der Waals surface area contributed by atoms with Crippen LogP contribution in [0, 0.1) is 5.82 Å². The number of rotatable bonds is 2. The van der Waals surface area contributed by atoms with E-state index in [1.807, 2.05) is 0 Å². The second-order valence-electron chi connectivity index (χ2n) is 2.63. The molecule has 13 heavy (non-hydrogen) atoms. The van der Waals surface area contributed by atoms with Crippen molar-refractivity contribution in [2.24, 2.45) is 0 Å². The summed E-state index contributed by atoms with van der Waals surface area (Å²) in [7, 11) is 0. The fourth-order valence-corrected chi connectivity index (χ4v) is 0.886. The molecule has 0 bridgehead atoms. The van der Waals surface area contributed by atoms with Gasteiger partial charge in [0.25, 0.3) is 0 Å². The third-order valence-electron chi connectivity index (χ3n) is 1.61. The Morgan fingerprint density at radius 1 is 1.62 bits per heavy atom. The van der Waals surface area contributed by atoms with Crippen LogP contribution in [-0.2, 0) is 4.79 Å². The molecule has 0 aliphatic carbocycles. The Balaban J connectivity index is 2.83. The molecule has 3 N–H and O–H groups in total. The number of anilines is 2. The molecule has 1 amide bonds. The van der Waals surface area contributed by atoms with Crippen molar-refractivity contribution in [2.45, 2.75) is 13.3 Å². The molecule has 0 aromatic heterocycles. The van der Waals surface area contributed by atoms with E-state index < -0.39 is 5.82 Å². The summed E-state index contributed by atoms with van der Waals surface area (Å²) in [6.45, 7) is 1.73. The molecule has 1 aromatic rings. The average molecular weight is 182 g/mol. The Hall–Kier alpha value is -1.58. The van der Waals surface area contributed by atoms with Crippen molar-refractivity contribution in [3.63, 3.8) is 0 Å². The zero-order chi connectivity index (χ0) is 9.84. The third-order valence-corrected chi connectivity index (χ3v) is 1.61. The lowest BCUT2D eigenvalue weighted by atomic mass is 10.2. The normalized spacial score (nSPS) is 9.69. The van der Waals surface area contributed by atoms with E-state index in [-0.39, 0.29) is 11.6 Å². The fourth-order valence-electron chi connectivity index (χ4n) is 0.886. The Bertz CT molecular complexity index is 325. The minimum Gasteiger partial charge on any atom is -0.397 e. The van der Waals surface area contributed by atoms with Crippen molar-refractivity contribution in [1.82, 2.24) is 0 Å². The largest absolute Gasteiger partial charge is 0.397 e. The van der Waals surface area contributed by atoms with Crippen LogP contribution in [0.2, 0.25) is 0 Å². The van der Waals surface area contributed by atoms with Crippen molar-refractivity contribution in [3.8, 4) is 0 Å². The number of benzene rings is 1. The van der Waals surface area contributed by atoms with E-state index >= 15 is 0 Å². The van der Waals surface area contributed by atoms with Gasteiger partial charge in [0, 0.05) is 6.42 Å². The van der Waals surface area contributed by atoms with Gasteiger partial charge in [0.2, 0.25) is 5.91 Å². The molecule has 3 nitrogen and oxygen atoms in total. The zero-order valence-electron chi connectivity index (χ0n) is 7.30. The molecule has 1 aromatic carbocycles. The molecule has 0 heterocycles. The molecule has 0 unspecified atom stereocenters. The van der Waals surface area contributed by atoms with Crippen LogP contribution in [0.1, 0.15) is 13.3 Å². The Kier molecular flexibility index (Phi) is 2.84. The molecule has 0 aliphatic rings. The van der Waals surface area contributed by atoms with Gasteiger partial charge in [0.15, 0.2) is 0 Å². The van der Waals surface area contributed by atoms with Gasteiger partial charge < -0.3 is 11.1 Å². The fraction of sp³-hybridized carbons (Fsp3) is 0.222. The first kappa shape index (κ1) is 9.51. The van der Waals surface area contributed by atoms with Crippen molar-refractivity contribution in [3.05, 3.63) is 24.0 Å². The highest BCUT2D eigenvalue weighted by molar-refractivity contribution is 5.93. The lowest BCUT2D eigenvalue weighted by Gasteiger charge is -2.06. The molecule has 0 aliphatic heterocycles. The van der Waals surface area contributed by atoms with Gasteiger partial charge in [0.1, 0.15) is 5.82 Å². The average Bonchev–Trinajstić information content (AvgIpc) is 2.09. The second kappa shape index (κ2) is 3.89. The number of hydrogen-bond donors (Lipinski definition) is 2. The number of carbonyl (C=O) groups is 1.